The van der Waals surface area contributed by atoms with Crippen LogP contribution in [0.25, 0.3) is 0 Å². The monoisotopic (exact) mass is 493 g/mol. The second-order valence-electron chi connectivity index (χ2n) is 11.5. The van der Waals surface area contributed by atoms with E-state index in [1.807, 2.05) is 0 Å². The standard InChI is InChI=1S/C17H27NO2.C9H13ClN2O2/c1-11-9-12(16(2,3)4)14(20-15(19)18-8)13(10-11)17(5,6)7;1-5-6(10)7(13)12(8(14)11-5)9(2,3)4/h9-10H,1-8H3,(H,18,19);1-4H3,(H,11,14). The molecule has 8 heteroatoms. The number of aromatic amines is 1. The van der Waals surface area contributed by atoms with Crippen molar-refractivity contribution < 1.29 is 9.53 Å². The number of rotatable bonds is 1. The number of hydrogen-bond donors (Lipinski definition) is 2. The molecule has 1 aromatic heterocycles. The minimum atomic E-state index is -0.567. The fourth-order valence-corrected chi connectivity index (χ4v) is 3.50. The topological polar surface area (TPSA) is 93.2 Å². The first-order valence-corrected chi connectivity index (χ1v) is 11.7. The number of aryl methyl sites for hydroxylation is 2. The fraction of sp³-hybridized carbons (Fsp3) is 0.577. The lowest BCUT2D eigenvalue weighted by Crippen LogP contribution is -2.45. The predicted octanol–water partition coefficient (Wildman–Crippen LogP) is 5.56. The zero-order chi connectivity index (χ0) is 26.8. The Balaban J connectivity index is 0.000000362. The van der Waals surface area contributed by atoms with E-state index in [-0.39, 0.29) is 15.9 Å². The molecule has 1 heterocycles. The van der Waals surface area contributed by atoms with Gasteiger partial charge in [-0.05, 0) is 45.4 Å². The number of carbonyl (C=O) groups excluding carboxylic acids is 1. The molecule has 0 aliphatic carbocycles. The van der Waals surface area contributed by atoms with Crippen LogP contribution in [-0.2, 0) is 16.4 Å². The van der Waals surface area contributed by atoms with Crippen molar-refractivity contribution in [3.8, 4) is 5.75 Å². The van der Waals surface area contributed by atoms with Crippen LogP contribution in [0.5, 0.6) is 5.75 Å². The third kappa shape index (κ3) is 7.23. The average molecular weight is 494 g/mol. The number of halogens is 1. The summed E-state index contributed by atoms with van der Waals surface area (Å²) in [5, 5.41) is 2.59. The molecule has 0 fully saturated rings. The second-order valence-corrected chi connectivity index (χ2v) is 11.9. The number of ether oxygens (including phenoxy) is 1. The number of nitrogens with zero attached hydrogens (tertiary/aromatic N) is 1. The third-order valence-corrected chi connectivity index (χ3v) is 5.58. The Morgan fingerprint density at radius 1 is 0.941 bits per heavy atom. The third-order valence-electron chi connectivity index (χ3n) is 5.14. The van der Waals surface area contributed by atoms with E-state index in [0.717, 1.165) is 15.7 Å². The van der Waals surface area contributed by atoms with Gasteiger partial charge >= 0.3 is 11.8 Å². The zero-order valence-corrected chi connectivity index (χ0v) is 23.4. The molecule has 34 heavy (non-hydrogen) atoms. The molecule has 1 aromatic carbocycles. The highest BCUT2D eigenvalue weighted by Crippen LogP contribution is 2.40. The van der Waals surface area contributed by atoms with Crippen LogP contribution in [0.2, 0.25) is 5.02 Å². The van der Waals surface area contributed by atoms with Crippen molar-refractivity contribution in [1.82, 2.24) is 14.9 Å². The number of nitrogens with one attached hydrogen (secondary N) is 2. The Kier molecular flexibility index (Phi) is 9.01. The zero-order valence-electron chi connectivity index (χ0n) is 22.6. The van der Waals surface area contributed by atoms with Gasteiger partial charge in [0.25, 0.3) is 5.56 Å². The normalized spacial score (nSPS) is 12.0. The summed E-state index contributed by atoms with van der Waals surface area (Å²) in [6.45, 7) is 21.8. The van der Waals surface area contributed by atoms with Crippen LogP contribution in [0.1, 0.15) is 84.7 Å². The summed E-state index contributed by atoms with van der Waals surface area (Å²) in [7, 11) is 1.57. The minimum absolute atomic E-state index is 0.0690. The smallest absolute Gasteiger partial charge is 0.410 e. The van der Waals surface area contributed by atoms with Crippen LogP contribution in [0.4, 0.5) is 4.79 Å². The predicted molar refractivity (Wildman–Crippen MR) is 140 cm³/mol. The van der Waals surface area contributed by atoms with Crippen LogP contribution >= 0.6 is 11.6 Å². The highest BCUT2D eigenvalue weighted by molar-refractivity contribution is 6.30. The largest absolute Gasteiger partial charge is 0.412 e. The van der Waals surface area contributed by atoms with Crippen molar-refractivity contribution in [3.05, 3.63) is 60.4 Å². The average Bonchev–Trinajstić information content (AvgIpc) is 2.64. The fourth-order valence-electron chi connectivity index (χ4n) is 3.37. The Bertz CT molecular complexity index is 1120. The van der Waals surface area contributed by atoms with Gasteiger partial charge in [-0.1, -0.05) is 70.8 Å². The van der Waals surface area contributed by atoms with Crippen molar-refractivity contribution in [2.45, 2.75) is 92.5 Å². The molecular weight excluding hydrogens is 454 g/mol. The number of hydrogen-bond acceptors (Lipinski definition) is 4. The lowest BCUT2D eigenvalue weighted by atomic mass is 9.78. The van der Waals surface area contributed by atoms with Gasteiger partial charge in [-0.15, -0.1) is 0 Å². The summed E-state index contributed by atoms with van der Waals surface area (Å²) in [6, 6.07) is 4.21. The summed E-state index contributed by atoms with van der Waals surface area (Å²) in [4.78, 5) is 37.4. The first kappa shape index (κ1) is 29.5. The number of amides is 1. The van der Waals surface area contributed by atoms with Crippen molar-refractivity contribution in [1.29, 1.82) is 0 Å². The van der Waals surface area contributed by atoms with E-state index in [0.29, 0.717) is 11.4 Å². The lowest BCUT2D eigenvalue weighted by Gasteiger charge is -2.29. The first-order chi connectivity index (χ1) is 15.2. The van der Waals surface area contributed by atoms with Crippen molar-refractivity contribution in [3.63, 3.8) is 0 Å². The quantitative estimate of drug-likeness (QED) is 0.543. The summed E-state index contributed by atoms with van der Waals surface area (Å²) in [5.41, 5.74) is 2.10. The summed E-state index contributed by atoms with van der Waals surface area (Å²) < 4.78 is 6.70. The van der Waals surface area contributed by atoms with Crippen LogP contribution in [0, 0.1) is 13.8 Å². The molecule has 2 N–H and O–H groups in total. The van der Waals surface area contributed by atoms with Gasteiger partial charge < -0.3 is 15.0 Å². The SMILES string of the molecule is CNC(=O)Oc1c(C(C)(C)C)cc(C)cc1C(C)(C)C.Cc1[nH]c(=O)n(C(C)(C)C)c(=O)c1Cl. The maximum atomic E-state index is 11.7. The van der Waals surface area contributed by atoms with Crippen molar-refractivity contribution in [2.75, 3.05) is 7.05 Å². The van der Waals surface area contributed by atoms with Gasteiger partial charge in [0.15, 0.2) is 0 Å². The number of benzene rings is 1. The molecule has 0 radical (unpaired) electrons. The van der Waals surface area contributed by atoms with E-state index >= 15 is 0 Å². The molecule has 0 saturated carbocycles. The maximum Gasteiger partial charge on any atom is 0.412 e. The number of carbonyl (C=O) groups is 1. The molecule has 0 saturated heterocycles. The van der Waals surface area contributed by atoms with Gasteiger partial charge in [0.1, 0.15) is 10.8 Å². The molecule has 2 aromatic rings. The molecule has 0 aliphatic heterocycles. The molecule has 0 spiro atoms. The molecular formula is C26H40ClN3O4. The van der Waals surface area contributed by atoms with E-state index in [1.165, 1.54) is 5.56 Å². The summed E-state index contributed by atoms with van der Waals surface area (Å²) in [5.74, 6) is 0.690. The van der Waals surface area contributed by atoms with Crippen LogP contribution in [0.3, 0.4) is 0 Å². The molecule has 2 rings (SSSR count). The molecule has 0 unspecified atom stereocenters. The molecule has 0 aliphatic rings. The van der Waals surface area contributed by atoms with Crippen molar-refractivity contribution >= 4 is 17.7 Å². The van der Waals surface area contributed by atoms with Crippen LogP contribution in [-0.4, -0.2) is 22.7 Å². The van der Waals surface area contributed by atoms with Gasteiger partial charge in [0.2, 0.25) is 0 Å². The lowest BCUT2D eigenvalue weighted by molar-refractivity contribution is 0.201. The number of H-pyrrole nitrogens is 1. The van der Waals surface area contributed by atoms with E-state index in [2.05, 4.69) is 70.9 Å². The van der Waals surface area contributed by atoms with E-state index in [4.69, 9.17) is 16.3 Å². The van der Waals surface area contributed by atoms with E-state index < -0.39 is 22.9 Å². The maximum absolute atomic E-state index is 11.7. The molecule has 0 bridgehead atoms. The molecule has 1 amide bonds. The van der Waals surface area contributed by atoms with Gasteiger partial charge in [-0.2, -0.15) is 0 Å². The summed E-state index contributed by atoms with van der Waals surface area (Å²) in [6.07, 6.45) is -0.426. The van der Waals surface area contributed by atoms with Crippen LogP contribution in [0.15, 0.2) is 21.7 Å². The molecule has 0 atom stereocenters. The molecule has 190 valence electrons. The van der Waals surface area contributed by atoms with E-state index in [1.54, 1.807) is 34.7 Å². The highest BCUT2D eigenvalue weighted by Gasteiger charge is 2.28. The Morgan fingerprint density at radius 2 is 1.38 bits per heavy atom. The Hall–Kier alpha value is -2.54. The number of aromatic nitrogens is 2. The van der Waals surface area contributed by atoms with Gasteiger partial charge in [0, 0.05) is 29.4 Å². The Labute approximate surface area is 207 Å². The van der Waals surface area contributed by atoms with Gasteiger partial charge in [-0.3, -0.25) is 9.36 Å². The second kappa shape index (κ2) is 10.4. The van der Waals surface area contributed by atoms with Crippen molar-refractivity contribution in [2.24, 2.45) is 0 Å². The first-order valence-electron chi connectivity index (χ1n) is 11.3. The van der Waals surface area contributed by atoms with Crippen LogP contribution < -0.4 is 21.3 Å². The summed E-state index contributed by atoms with van der Waals surface area (Å²) >= 11 is 5.76. The Morgan fingerprint density at radius 3 is 1.74 bits per heavy atom. The molecule has 7 nitrogen and oxygen atoms in total. The van der Waals surface area contributed by atoms with Gasteiger partial charge in [0.05, 0.1) is 0 Å². The van der Waals surface area contributed by atoms with Gasteiger partial charge in [-0.25, -0.2) is 9.59 Å². The minimum Gasteiger partial charge on any atom is -0.410 e. The van der Waals surface area contributed by atoms with E-state index in [9.17, 15) is 14.4 Å². The highest BCUT2D eigenvalue weighted by atomic mass is 35.5.